The van der Waals surface area contributed by atoms with E-state index in [2.05, 4.69) is 6.58 Å². The average Bonchev–Trinajstić information content (AvgIpc) is 2.68. The topological polar surface area (TPSA) is 98.5 Å². The molecule has 0 aliphatic heterocycles. The average molecular weight is 401 g/mol. The summed E-state index contributed by atoms with van der Waals surface area (Å²) in [5.41, 5.74) is 0.305. The standard InChI is InChI=1S/C17H27NO8Si/c1-6-26-17-12-15(18(19)20)14(11-16(17)21-2)13-25-9-7-8-10-27(22-3,23-4)24-5/h6,11-12H,1,7-10,13H2,2-5H3. The van der Waals surface area contributed by atoms with Gasteiger partial charge in [0.25, 0.3) is 5.69 Å². The fourth-order valence-electron chi connectivity index (χ4n) is 2.50. The zero-order valence-corrected chi connectivity index (χ0v) is 17.2. The van der Waals surface area contributed by atoms with Gasteiger partial charge in [-0.3, -0.25) is 10.1 Å². The van der Waals surface area contributed by atoms with Crippen LogP contribution in [0.2, 0.25) is 6.04 Å². The molecule has 1 aromatic rings. The monoisotopic (exact) mass is 401 g/mol. The summed E-state index contributed by atoms with van der Waals surface area (Å²) in [5.74, 6) is 0.595. The summed E-state index contributed by atoms with van der Waals surface area (Å²) in [7, 11) is 3.60. The van der Waals surface area contributed by atoms with Gasteiger partial charge in [-0.05, 0) is 18.9 Å². The van der Waals surface area contributed by atoms with E-state index in [1.165, 1.54) is 25.5 Å². The molecular weight excluding hydrogens is 374 g/mol. The van der Waals surface area contributed by atoms with Crippen molar-refractivity contribution in [2.24, 2.45) is 0 Å². The SMILES string of the molecule is C=COc1cc([N+](=O)[O-])c(COCCCC[Si](OC)(OC)OC)cc1OC. The van der Waals surface area contributed by atoms with E-state index in [-0.39, 0.29) is 18.0 Å². The summed E-state index contributed by atoms with van der Waals surface area (Å²) in [6.45, 7) is 3.97. The Morgan fingerprint density at radius 2 is 1.78 bits per heavy atom. The van der Waals surface area contributed by atoms with E-state index in [9.17, 15) is 10.1 Å². The van der Waals surface area contributed by atoms with Crippen molar-refractivity contribution < 1.29 is 32.4 Å². The molecule has 0 heterocycles. The van der Waals surface area contributed by atoms with Crippen LogP contribution in [0.25, 0.3) is 0 Å². The van der Waals surface area contributed by atoms with Crippen LogP contribution in [-0.2, 0) is 24.6 Å². The maximum absolute atomic E-state index is 11.3. The highest BCUT2D eigenvalue weighted by Crippen LogP contribution is 2.35. The number of methoxy groups -OCH3 is 1. The molecule has 9 nitrogen and oxygen atoms in total. The number of unbranched alkanes of at least 4 members (excludes halogenated alkanes) is 1. The second-order valence-corrected chi connectivity index (χ2v) is 8.57. The molecule has 0 radical (unpaired) electrons. The highest BCUT2D eigenvalue weighted by molar-refractivity contribution is 6.60. The molecule has 0 aliphatic carbocycles. The van der Waals surface area contributed by atoms with Crippen molar-refractivity contribution in [3.05, 3.63) is 40.7 Å². The second-order valence-electron chi connectivity index (χ2n) is 5.48. The molecule has 152 valence electrons. The summed E-state index contributed by atoms with van der Waals surface area (Å²) in [6.07, 6.45) is 2.72. The first kappa shape index (κ1) is 23.1. The van der Waals surface area contributed by atoms with Gasteiger partial charge in [0.1, 0.15) is 0 Å². The quantitative estimate of drug-likeness (QED) is 0.154. The smallest absolute Gasteiger partial charge is 0.493 e. The van der Waals surface area contributed by atoms with Gasteiger partial charge < -0.3 is 27.5 Å². The van der Waals surface area contributed by atoms with E-state index >= 15 is 0 Å². The molecule has 0 spiro atoms. The van der Waals surface area contributed by atoms with E-state index in [0.717, 1.165) is 12.8 Å². The van der Waals surface area contributed by atoms with Crippen LogP contribution < -0.4 is 9.47 Å². The van der Waals surface area contributed by atoms with Crippen LogP contribution in [0.4, 0.5) is 5.69 Å². The molecule has 0 saturated heterocycles. The van der Waals surface area contributed by atoms with Crippen molar-refractivity contribution in [3.63, 3.8) is 0 Å². The maximum atomic E-state index is 11.3. The fraction of sp³-hybridized carbons (Fsp3) is 0.529. The third kappa shape index (κ3) is 6.59. The summed E-state index contributed by atoms with van der Waals surface area (Å²) in [4.78, 5) is 10.8. The van der Waals surface area contributed by atoms with Gasteiger partial charge in [-0.25, -0.2) is 0 Å². The second kappa shape index (κ2) is 11.7. The predicted octanol–water partition coefficient (Wildman–Crippen LogP) is 3.30. The highest BCUT2D eigenvalue weighted by atomic mass is 28.4. The maximum Gasteiger partial charge on any atom is 0.500 e. The molecule has 27 heavy (non-hydrogen) atoms. The lowest BCUT2D eigenvalue weighted by Crippen LogP contribution is -2.42. The third-order valence-corrected chi connectivity index (χ3v) is 6.82. The molecule has 0 N–H and O–H groups in total. The van der Waals surface area contributed by atoms with Crippen LogP contribution >= 0.6 is 0 Å². The Morgan fingerprint density at radius 1 is 1.11 bits per heavy atom. The molecule has 0 atom stereocenters. The number of hydrogen-bond acceptors (Lipinski definition) is 8. The van der Waals surface area contributed by atoms with Gasteiger partial charge in [0, 0.05) is 34.0 Å². The minimum absolute atomic E-state index is 0.0858. The Morgan fingerprint density at radius 3 is 2.30 bits per heavy atom. The number of nitrogens with zero attached hydrogens (tertiary/aromatic N) is 1. The number of rotatable bonds is 14. The van der Waals surface area contributed by atoms with Crippen LogP contribution in [0.3, 0.4) is 0 Å². The summed E-state index contributed by atoms with van der Waals surface area (Å²) < 4.78 is 32.0. The zero-order valence-electron chi connectivity index (χ0n) is 16.2. The summed E-state index contributed by atoms with van der Waals surface area (Å²) in [6, 6.07) is 3.51. The van der Waals surface area contributed by atoms with Crippen LogP contribution in [0.15, 0.2) is 25.0 Å². The van der Waals surface area contributed by atoms with E-state index < -0.39 is 13.7 Å². The van der Waals surface area contributed by atoms with Gasteiger partial charge >= 0.3 is 8.80 Å². The Kier molecular flexibility index (Phi) is 9.97. The van der Waals surface area contributed by atoms with E-state index in [0.29, 0.717) is 24.0 Å². The first-order valence-corrected chi connectivity index (χ1v) is 10.3. The van der Waals surface area contributed by atoms with Crippen LogP contribution in [-0.4, -0.2) is 48.8 Å². The molecule has 1 rings (SSSR count). The molecular formula is C17H27NO8Si. The first-order valence-electron chi connectivity index (χ1n) is 8.33. The largest absolute Gasteiger partial charge is 0.500 e. The van der Waals surface area contributed by atoms with Gasteiger partial charge in [0.05, 0.1) is 36.5 Å². The highest BCUT2D eigenvalue weighted by Gasteiger charge is 2.36. The minimum Gasteiger partial charge on any atom is -0.493 e. The van der Waals surface area contributed by atoms with Crippen molar-refractivity contribution >= 4 is 14.5 Å². The first-order chi connectivity index (χ1) is 13.0. The molecule has 0 amide bonds. The van der Waals surface area contributed by atoms with Crippen molar-refractivity contribution in [3.8, 4) is 11.5 Å². The molecule has 0 aliphatic rings. The number of nitro groups is 1. The van der Waals surface area contributed by atoms with Gasteiger partial charge in [-0.1, -0.05) is 6.58 Å². The Labute approximate surface area is 160 Å². The number of benzene rings is 1. The molecule has 0 fully saturated rings. The fourth-order valence-corrected chi connectivity index (χ4v) is 4.30. The number of ether oxygens (including phenoxy) is 3. The molecule has 1 aromatic carbocycles. The number of hydrogen-bond donors (Lipinski definition) is 0. The summed E-state index contributed by atoms with van der Waals surface area (Å²) >= 11 is 0. The Balaban J connectivity index is 2.63. The van der Waals surface area contributed by atoms with Gasteiger partial charge in [0.15, 0.2) is 11.5 Å². The van der Waals surface area contributed by atoms with Crippen molar-refractivity contribution in [1.29, 1.82) is 0 Å². The predicted molar refractivity (Wildman–Crippen MR) is 101 cm³/mol. The Bertz CT molecular complexity index is 613. The molecule has 0 aromatic heterocycles. The van der Waals surface area contributed by atoms with Gasteiger partial charge in [-0.2, -0.15) is 0 Å². The van der Waals surface area contributed by atoms with Crippen molar-refractivity contribution in [1.82, 2.24) is 0 Å². The lowest BCUT2D eigenvalue weighted by atomic mass is 10.1. The summed E-state index contributed by atoms with van der Waals surface area (Å²) in [5, 5.41) is 11.3. The minimum atomic E-state index is -2.58. The number of nitro benzene ring substituents is 1. The molecule has 0 bridgehead atoms. The van der Waals surface area contributed by atoms with Crippen LogP contribution in [0.5, 0.6) is 11.5 Å². The lowest BCUT2D eigenvalue weighted by Gasteiger charge is -2.24. The molecule has 10 heteroatoms. The van der Waals surface area contributed by atoms with E-state index in [1.807, 2.05) is 0 Å². The van der Waals surface area contributed by atoms with Crippen molar-refractivity contribution in [2.45, 2.75) is 25.5 Å². The van der Waals surface area contributed by atoms with Crippen LogP contribution in [0, 0.1) is 10.1 Å². The van der Waals surface area contributed by atoms with Gasteiger partial charge in [0.2, 0.25) is 0 Å². The lowest BCUT2D eigenvalue weighted by molar-refractivity contribution is -0.386. The van der Waals surface area contributed by atoms with Crippen LogP contribution in [0.1, 0.15) is 18.4 Å². The molecule has 0 saturated carbocycles. The molecule has 0 unspecified atom stereocenters. The normalized spacial score (nSPS) is 11.3. The van der Waals surface area contributed by atoms with Gasteiger partial charge in [-0.15, -0.1) is 0 Å². The zero-order chi connectivity index (χ0) is 20.3. The van der Waals surface area contributed by atoms with Crippen molar-refractivity contribution in [2.75, 3.05) is 35.0 Å². The third-order valence-electron chi connectivity index (χ3n) is 3.98. The van der Waals surface area contributed by atoms with E-state index in [4.69, 9.17) is 27.5 Å². The Hall–Kier alpha value is -1.98. The van der Waals surface area contributed by atoms with E-state index in [1.54, 1.807) is 21.3 Å².